The van der Waals surface area contributed by atoms with Gasteiger partial charge in [0, 0.05) is 16.5 Å². The summed E-state index contributed by atoms with van der Waals surface area (Å²) in [4.78, 5) is 27.9. The molecule has 0 spiro atoms. The Morgan fingerprint density at radius 2 is 2.05 bits per heavy atom. The molecule has 116 valence electrons. The fourth-order valence-electron chi connectivity index (χ4n) is 2.95. The minimum absolute atomic E-state index is 0.214. The minimum Gasteiger partial charge on any atom is -0.327 e. The Labute approximate surface area is 133 Å². The molecule has 0 unspecified atom stereocenters. The summed E-state index contributed by atoms with van der Waals surface area (Å²) in [5, 5.41) is 4.60. The van der Waals surface area contributed by atoms with Crippen LogP contribution in [0.3, 0.4) is 0 Å². The molecule has 1 aliphatic carbocycles. The first-order valence-corrected chi connectivity index (χ1v) is 8.60. The fraction of sp³-hybridized carbons (Fsp3) is 0.412. The summed E-state index contributed by atoms with van der Waals surface area (Å²) in [5.74, 6) is 0.386. The van der Waals surface area contributed by atoms with Crippen molar-refractivity contribution in [1.29, 1.82) is 0 Å². The predicted molar refractivity (Wildman–Crippen MR) is 89.9 cm³/mol. The van der Waals surface area contributed by atoms with E-state index in [-0.39, 0.29) is 11.5 Å². The molecule has 4 nitrogen and oxygen atoms in total. The first-order valence-electron chi connectivity index (χ1n) is 7.72. The summed E-state index contributed by atoms with van der Waals surface area (Å²) in [6, 6.07) is 3.67. The maximum absolute atomic E-state index is 12.3. The molecule has 0 bridgehead atoms. The van der Waals surface area contributed by atoms with Crippen molar-refractivity contribution in [3.05, 3.63) is 50.1 Å². The molecule has 0 aliphatic heterocycles. The van der Waals surface area contributed by atoms with E-state index in [9.17, 15) is 9.59 Å². The van der Waals surface area contributed by atoms with E-state index in [0.717, 1.165) is 5.56 Å². The lowest BCUT2D eigenvalue weighted by Gasteiger charge is -2.19. The van der Waals surface area contributed by atoms with E-state index < -0.39 is 0 Å². The van der Waals surface area contributed by atoms with Gasteiger partial charge in [-0.3, -0.25) is 9.59 Å². The van der Waals surface area contributed by atoms with Crippen LogP contribution in [0, 0.1) is 6.92 Å². The van der Waals surface area contributed by atoms with E-state index in [1.807, 2.05) is 18.4 Å². The van der Waals surface area contributed by atoms with Crippen molar-refractivity contribution < 1.29 is 4.79 Å². The molecule has 0 aromatic carbocycles. The van der Waals surface area contributed by atoms with E-state index in [1.54, 1.807) is 23.6 Å². The van der Waals surface area contributed by atoms with Crippen LogP contribution >= 0.6 is 11.3 Å². The number of H-pyrrole nitrogens is 1. The third kappa shape index (κ3) is 3.30. The number of aryl methyl sites for hydroxylation is 1. The second-order valence-electron chi connectivity index (χ2n) is 5.95. The summed E-state index contributed by atoms with van der Waals surface area (Å²) >= 11 is 1.66. The highest BCUT2D eigenvalue weighted by Gasteiger charge is 2.19. The molecule has 22 heavy (non-hydrogen) atoms. The van der Waals surface area contributed by atoms with Crippen LogP contribution in [0.25, 0.3) is 0 Å². The van der Waals surface area contributed by atoms with Gasteiger partial charge in [-0.1, -0.05) is 19.3 Å². The lowest BCUT2D eigenvalue weighted by Crippen LogP contribution is -2.19. The number of hydrogen-bond acceptors (Lipinski definition) is 3. The van der Waals surface area contributed by atoms with Crippen LogP contribution in [0.5, 0.6) is 0 Å². The van der Waals surface area contributed by atoms with Gasteiger partial charge in [0.1, 0.15) is 5.69 Å². The number of pyridine rings is 1. The number of aromatic nitrogens is 1. The van der Waals surface area contributed by atoms with Gasteiger partial charge in [0.05, 0.1) is 5.56 Å². The van der Waals surface area contributed by atoms with Gasteiger partial charge >= 0.3 is 0 Å². The number of nitrogens with one attached hydrogen (secondary N) is 2. The summed E-state index contributed by atoms with van der Waals surface area (Å²) < 4.78 is 0. The second kappa shape index (κ2) is 6.48. The Morgan fingerprint density at radius 3 is 2.82 bits per heavy atom. The highest BCUT2D eigenvalue weighted by molar-refractivity contribution is 7.10. The molecule has 1 amide bonds. The number of aromatic amines is 1. The lowest BCUT2D eigenvalue weighted by molar-refractivity contribution is 0.102. The maximum Gasteiger partial charge on any atom is 0.271 e. The average Bonchev–Trinajstić information content (AvgIpc) is 3.02. The standard InChI is InChI=1S/C17H20N2O2S/c1-11-7-14(17(21)18-9-11)19-16(20)13-8-15(22-10-13)12-5-3-2-4-6-12/h7-10,12H,2-6H2,1H3,(H,18,21)(H,19,20). The van der Waals surface area contributed by atoms with Crippen molar-refractivity contribution in [2.24, 2.45) is 0 Å². The van der Waals surface area contributed by atoms with Gasteiger partial charge in [-0.05, 0) is 43.4 Å². The highest BCUT2D eigenvalue weighted by Crippen LogP contribution is 2.36. The van der Waals surface area contributed by atoms with Crippen LogP contribution in [0.4, 0.5) is 5.69 Å². The van der Waals surface area contributed by atoms with Crippen molar-refractivity contribution in [3.63, 3.8) is 0 Å². The maximum atomic E-state index is 12.3. The fourth-order valence-corrected chi connectivity index (χ4v) is 4.01. The average molecular weight is 316 g/mol. The third-order valence-corrected chi connectivity index (χ3v) is 5.28. The Morgan fingerprint density at radius 1 is 1.27 bits per heavy atom. The molecular formula is C17H20N2O2S. The topological polar surface area (TPSA) is 62.0 Å². The first-order chi connectivity index (χ1) is 10.6. The zero-order valence-corrected chi connectivity index (χ0v) is 13.5. The minimum atomic E-state index is -0.276. The first kappa shape index (κ1) is 15.0. The van der Waals surface area contributed by atoms with Gasteiger partial charge < -0.3 is 10.3 Å². The zero-order chi connectivity index (χ0) is 15.5. The molecule has 2 aromatic heterocycles. The lowest BCUT2D eigenvalue weighted by atomic mass is 9.88. The van der Waals surface area contributed by atoms with Crippen LogP contribution in [0.15, 0.2) is 28.5 Å². The largest absolute Gasteiger partial charge is 0.327 e. The molecule has 0 radical (unpaired) electrons. The van der Waals surface area contributed by atoms with Gasteiger partial charge in [-0.25, -0.2) is 0 Å². The Hall–Kier alpha value is -1.88. The van der Waals surface area contributed by atoms with Crippen molar-refractivity contribution in [1.82, 2.24) is 4.98 Å². The summed E-state index contributed by atoms with van der Waals surface area (Å²) in [5.41, 5.74) is 1.58. The van der Waals surface area contributed by atoms with E-state index in [2.05, 4.69) is 10.3 Å². The number of anilines is 1. The van der Waals surface area contributed by atoms with Crippen LogP contribution in [-0.4, -0.2) is 10.9 Å². The second-order valence-corrected chi connectivity index (χ2v) is 6.89. The van der Waals surface area contributed by atoms with Crippen molar-refractivity contribution in [2.45, 2.75) is 44.9 Å². The molecular weight excluding hydrogens is 296 g/mol. The van der Waals surface area contributed by atoms with Crippen LogP contribution in [0.2, 0.25) is 0 Å². The Balaban J connectivity index is 1.74. The molecule has 1 fully saturated rings. The van der Waals surface area contributed by atoms with Crippen molar-refractivity contribution >= 4 is 22.9 Å². The normalized spacial score (nSPS) is 15.7. The number of carbonyl (C=O) groups excluding carboxylic acids is 1. The Kier molecular flexibility index (Phi) is 4.43. The number of amides is 1. The molecule has 2 aromatic rings. The molecule has 0 saturated heterocycles. The van der Waals surface area contributed by atoms with Gasteiger partial charge in [-0.15, -0.1) is 11.3 Å². The molecule has 2 N–H and O–H groups in total. The molecule has 2 heterocycles. The molecule has 1 aliphatic rings. The summed E-state index contributed by atoms with van der Waals surface area (Å²) in [6.45, 7) is 1.87. The number of hydrogen-bond donors (Lipinski definition) is 2. The van der Waals surface area contributed by atoms with Crippen LogP contribution < -0.4 is 10.9 Å². The van der Waals surface area contributed by atoms with Gasteiger partial charge in [0.25, 0.3) is 11.5 Å². The van der Waals surface area contributed by atoms with Crippen LogP contribution in [0.1, 0.15) is 58.8 Å². The molecule has 0 atom stereocenters. The number of thiophene rings is 1. The molecule has 3 rings (SSSR count). The van der Waals surface area contributed by atoms with E-state index >= 15 is 0 Å². The zero-order valence-electron chi connectivity index (χ0n) is 12.6. The summed E-state index contributed by atoms with van der Waals surface area (Å²) in [7, 11) is 0. The summed E-state index contributed by atoms with van der Waals surface area (Å²) in [6.07, 6.45) is 7.96. The SMILES string of the molecule is Cc1c[nH]c(=O)c(NC(=O)c2csc(C3CCCCC3)c2)c1. The number of rotatable bonds is 3. The van der Waals surface area contributed by atoms with Gasteiger partial charge in [0.15, 0.2) is 0 Å². The smallest absolute Gasteiger partial charge is 0.271 e. The number of carbonyl (C=O) groups is 1. The van der Waals surface area contributed by atoms with Crippen molar-refractivity contribution in [2.75, 3.05) is 5.32 Å². The predicted octanol–water partition coefficient (Wildman–Crippen LogP) is 4.04. The monoisotopic (exact) mass is 316 g/mol. The molecule has 1 saturated carbocycles. The van der Waals surface area contributed by atoms with Gasteiger partial charge in [0.2, 0.25) is 0 Å². The van der Waals surface area contributed by atoms with E-state index in [0.29, 0.717) is 17.2 Å². The van der Waals surface area contributed by atoms with Crippen LogP contribution in [-0.2, 0) is 0 Å². The highest BCUT2D eigenvalue weighted by atomic mass is 32.1. The van der Waals surface area contributed by atoms with Gasteiger partial charge in [-0.2, -0.15) is 0 Å². The Bertz CT molecular complexity index is 726. The van der Waals surface area contributed by atoms with Crippen molar-refractivity contribution in [3.8, 4) is 0 Å². The third-order valence-electron chi connectivity index (χ3n) is 4.19. The van der Waals surface area contributed by atoms with E-state index in [1.165, 1.54) is 37.0 Å². The quantitative estimate of drug-likeness (QED) is 0.897. The van der Waals surface area contributed by atoms with E-state index in [4.69, 9.17) is 0 Å². The molecule has 5 heteroatoms.